The van der Waals surface area contributed by atoms with Crippen LogP contribution in [0.15, 0.2) is 11.1 Å². The molecule has 1 saturated heterocycles. The van der Waals surface area contributed by atoms with Gasteiger partial charge in [0.15, 0.2) is 23.3 Å². The zero-order valence-electron chi connectivity index (χ0n) is 20.3. The number of nitrogens with one attached hydrogen (secondary N) is 2. The Morgan fingerprint density at radius 3 is 2.61 bits per heavy atom. The molecule has 1 aliphatic rings. The zero-order chi connectivity index (χ0) is 28.5. The topological polar surface area (TPSA) is 261 Å². The quantitative estimate of drug-likeness (QED) is 0.114. The lowest BCUT2D eigenvalue weighted by Gasteiger charge is -2.26. The lowest BCUT2D eigenvalue weighted by molar-refractivity contribution is -0.119. The van der Waals surface area contributed by atoms with Crippen molar-refractivity contribution in [2.45, 2.75) is 38.4 Å². The molecule has 2 unspecified atom stereocenters. The van der Waals surface area contributed by atoms with Crippen LogP contribution in [0.1, 0.15) is 20.1 Å². The summed E-state index contributed by atoms with van der Waals surface area (Å²) in [4.78, 5) is 53.6. The second kappa shape index (κ2) is 11.7. The summed E-state index contributed by atoms with van der Waals surface area (Å²) in [7, 11) is -9.39. The Morgan fingerprint density at radius 2 is 1.95 bits per heavy atom. The number of imidazole rings is 1. The minimum Gasteiger partial charge on any atom is -0.387 e. The van der Waals surface area contributed by atoms with Gasteiger partial charge in [-0.15, -0.1) is 11.6 Å². The SMILES string of the molecule is CC(C)(CNC(=O)CCl)COP(=O)(O)CP(=O)(O)OC[C@H]1O[C@@H](n2cnc3c(=O)[nH]c(N)nc32)[C@H](O)[C@@H]1O. The Hall–Kier alpha value is -1.91. The number of hydrogen-bond acceptors (Lipinski definition) is 12. The number of fused-ring (bicyclic) bond motifs is 1. The fourth-order valence-corrected chi connectivity index (χ4v) is 6.92. The molecule has 3 heterocycles. The maximum atomic E-state index is 12.5. The Bertz CT molecular complexity index is 1320. The molecule has 2 aromatic rings. The van der Waals surface area contributed by atoms with Crippen molar-refractivity contribution in [1.29, 1.82) is 0 Å². The minimum absolute atomic E-state index is 0.0413. The predicted molar refractivity (Wildman–Crippen MR) is 132 cm³/mol. The van der Waals surface area contributed by atoms with Crippen molar-refractivity contribution in [1.82, 2.24) is 24.8 Å². The average Bonchev–Trinajstić information content (AvgIpc) is 3.35. The standard InChI is InChI=1S/C18H29ClN6O11P2/c1-18(2,5-21-10(26)3-19)6-35-38(32,33)8-37(30,31)34-4-9-12(27)13(28)16(36-9)25-7-22-11-14(25)23-17(20)24-15(11)29/h7,9,12-13,16,27-28H,3-6,8H2,1-2H3,(H,21,26)(H,30,31)(H,32,33)(H3,20,23,24,29)/t9-,12-,13-,16-/m1/s1. The van der Waals surface area contributed by atoms with Gasteiger partial charge in [-0.25, -0.2) is 4.98 Å². The molecule has 0 spiro atoms. The number of alkyl halides is 1. The highest BCUT2D eigenvalue weighted by molar-refractivity contribution is 7.70. The summed E-state index contributed by atoms with van der Waals surface area (Å²) in [5.41, 5.74) is 3.96. The zero-order valence-corrected chi connectivity index (χ0v) is 22.8. The third kappa shape index (κ3) is 7.60. The number of amides is 1. The summed E-state index contributed by atoms with van der Waals surface area (Å²) in [6, 6.07) is 0. The molecular formula is C18H29ClN6O11P2. The van der Waals surface area contributed by atoms with E-state index in [9.17, 15) is 38.7 Å². The van der Waals surface area contributed by atoms with Crippen LogP contribution in [0.3, 0.4) is 0 Å². The third-order valence-corrected chi connectivity index (χ3v) is 9.59. The number of carbonyl (C=O) groups excluding carboxylic acids is 1. The van der Waals surface area contributed by atoms with E-state index >= 15 is 0 Å². The van der Waals surface area contributed by atoms with Crippen molar-refractivity contribution < 1.29 is 47.7 Å². The van der Waals surface area contributed by atoms with E-state index in [4.69, 9.17) is 31.1 Å². The van der Waals surface area contributed by atoms with Crippen LogP contribution in [0.25, 0.3) is 11.2 Å². The number of nitrogen functional groups attached to an aromatic ring is 1. The number of H-pyrrole nitrogens is 1. The normalized spacial score (nSPS) is 25.2. The minimum atomic E-state index is -4.75. The number of aliphatic hydroxyl groups excluding tert-OH is 2. The molecule has 1 aliphatic heterocycles. The van der Waals surface area contributed by atoms with Crippen molar-refractivity contribution >= 4 is 49.8 Å². The van der Waals surface area contributed by atoms with E-state index in [0.29, 0.717) is 0 Å². The number of nitrogens with two attached hydrogens (primary N) is 1. The van der Waals surface area contributed by atoms with Crippen molar-refractivity contribution in [2.75, 3.05) is 37.3 Å². The first-order valence-corrected chi connectivity index (χ1v) is 15.1. The van der Waals surface area contributed by atoms with E-state index in [0.717, 1.165) is 10.9 Å². The van der Waals surface area contributed by atoms with E-state index < -0.39 is 69.1 Å². The monoisotopic (exact) mass is 602 g/mol. The number of carbonyl (C=O) groups is 1. The molecule has 0 aromatic carbocycles. The number of anilines is 1. The van der Waals surface area contributed by atoms with Crippen LogP contribution < -0.4 is 16.6 Å². The first kappa shape index (κ1) is 30.6. The van der Waals surface area contributed by atoms with Crippen molar-refractivity contribution in [3.63, 3.8) is 0 Å². The Kier molecular flexibility index (Phi) is 9.41. The molecule has 20 heteroatoms. The number of hydrogen-bond donors (Lipinski definition) is 7. The van der Waals surface area contributed by atoms with Crippen LogP contribution in [0.2, 0.25) is 0 Å². The maximum Gasteiger partial charge on any atom is 0.340 e. The molecule has 214 valence electrons. The molecule has 2 aromatic heterocycles. The first-order chi connectivity index (χ1) is 17.5. The number of aromatic nitrogens is 4. The molecule has 1 fully saturated rings. The number of ether oxygens (including phenoxy) is 1. The number of rotatable bonds is 12. The van der Waals surface area contributed by atoms with Gasteiger partial charge in [-0.05, 0) is 0 Å². The first-order valence-electron chi connectivity index (χ1n) is 11.0. The Balaban J connectivity index is 1.59. The van der Waals surface area contributed by atoms with Crippen LogP contribution in [0, 0.1) is 5.41 Å². The second-order valence-electron chi connectivity index (χ2n) is 9.38. The van der Waals surface area contributed by atoms with E-state index in [2.05, 4.69) is 20.3 Å². The van der Waals surface area contributed by atoms with E-state index in [1.54, 1.807) is 13.8 Å². The largest absolute Gasteiger partial charge is 0.387 e. The molecule has 0 bridgehead atoms. The van der Waals surface area contributed by atoms with E-state index in [1.807, 2.05) is 0 Å². The molecule has 6 atom stereocenters. The highest BCUT2D eigenvalue weighted by Gasteiger charge is 2.46. The molecule has 38 heavy (non-hydrogen) atoms. The maximum absolute atomic E-state index is 12.5. The lowest BCUT2D eigenvalue weighted by atomic mass is 9.95. The summed E-state index contributed by atoms with van der Waals surface area (Å²) in [5.74, 6) is -2.20. The Morgan fingerprint density at radius 1 is 1.29 bits per heavy atom. The molecule has 8 N–H and O–H groups in total. The van der Waals surface area contributed by atoms with Gasteiger partial charge in [0.05, 0.1) is 19.5 Å². The molecule has 17 nitrogen and oxygen atoms in total. The molecule has 3 rings (SSSR count). The van der Waals surface area contributed by atoms with Gasteiger partial charge in [-0.3, -0.25) is 28.3 Å². The van der Waals surface area contributed by atoms with E-state index in [-0.39, 0.29) is 36.1 Å². The Labute approximate surface area is 220 Å². The van der Waals surface area contributed by atoms with Gasteiger partial charge in [-0.2, -0.15) is 4.98 Å². The molecule has 0 aliphatic carbocycles. The van der Waals surface area contributed by atoms with Crippen LogP contribution in [0.5, 0.6) is 0 Å². The van der Waals surface area contributed by atoms with Crippen molar-refractivity contribution in [3.8, 4) is 0 Å². The number of aliphatic hydroxyl groups is 2. The molecular weight excluding hydrogens is 574 g/mol. The molecule has 1 amide bonds. The van der Waals surface area contributed by atoms with Gasteiger partial charge < -0.3 is 44.8 Å². The van der Waals surface area contributed by atoms with Gasteiger partial charge in [-0.1, -0.05) is 13.8 Å². The molecule has 0 saturated carbocycles. The fraction of sp³-hybridized carbons (Fsp3) is 0.667. The predicted octanol–water partition coefficient (Wildman–Crippen LogP) is -0.936. The van der Waals surface area contributed by atoms with Crippen LogP contribution in [-0.4, -0.2) is 95.3 Å². The summed E-state index contributed by atoms with van der Waals surface area (Å²) < 4.78 is 41.5. The van der Waals surface area contributed by atoms with E-state index in [1.165, 1.54) is 0 Å². The van der Waals surface area contributed by atoms with Gasteiger partial charge >= 0.3 is 15.2 Å². The van der Waals surface area contributed by atoms with Gasteiger partial charge in [0.2, 0.25) is 11.9 Å². The van der Waals surface area contributed by atoms with Gasteiger partial charge in [0, 0.05) is 12.0 Å². The van der Waals surface area contributed by atoms with Crippen LogP contribution in [-0.2, 0) is 27.7 Å². The summed E-state index contributed by atoms with van der Waals surface area (Å²) in [6.07, 6.45) is -4.73. The summed E-state index contributed by atoms with van der Waals surface area (Å²) in [6.45, 7) is 2.22. The number of aromatic amines is 1. The number of halogens is 1. The third-order valence-electron chi connectivity index (χ3n) is 5.40. The van der Waals surface area contributed by atoms with Crippen LogP contribution >= 0.6 is 26.8 Å². The van der Waals surface area contributed by atoms with Gasteiger partial charge in [0.25, 0.3) is 5.56 Å². The highest BCUT2D eigenvalue weighted by atomic mass is 35.5. The van der Waals surface area contributed by atoms with Crippen LogP contribution in [0.4, 0.5) is 5.95 Å². The molecule has 0 radical (unpaired) electrons. The summed E-state index contributed by atoms with van der Waals surface area (Å²) in [5, 5.41) is 23.3. The highest BCUT2D eigenvalue weighted by Crippen LogP contribution is 2.59. The fourth-order valence-electron chi connectivity index (χ4n) is 3.44. The second-order valence-corrected chi connectivity index (χ2v) is 13.8. The van der Waals surface area contributed by atoms with Gasteiger partial charge in [0.1, 0.15) is 24.2 Å². The summed E-state index contributed by atoms with van der Waals surface area (Å²) >= 11 is 5.40. The van der Waals surface area contributed by atoms with Crippen molar-refractivity contribution in [2.24, 2.45) is 5.41 Å². The number of nitrogens with zero attached hydrogens (tertiary/aromatic N) is 3. The average molecular weight is 603 g/mol. The smallest absolute Gasteiger partial charge is 0.340 e. The lowest BCUT2D eigenvalue weighted by Crippen LogP contribution is -2.37. The van der Waals surface area contributed by atoms with Crippen molar-refractivity contribution in [3.05, 3.63) is 16.7 Å².